The van der Waals surface area contributed by atoms with Crippen LogP contribution in [0.25, 0.3) is 0 Å². The lowest BCUT2D eigenvalue weighted by Crippen LogP contribution is -2.23. The molecule has 2 rings (SSSR count). The van der Waals surface area contributed by atoms with Crippen molar-refractivity contribution < 1.29 is 0 Å². The first-order chi connectivity index (χ1) is 9.49. The summed E-state index contributed by atoms with van der Waals surface area (Å²) >= 11 is 11.0. The van der Waals surface area contributed by atoms with Gasteiger partial charge in [-0.05, 0) is 36.8 Å². The van der Waals surface area contributed by atoms with Crippen LogP contribution in [0.4, 0.5) is 5.82 Å². The quantitative estimate of drug-likeness (QED) is 0.877. The summed E-state index contributed by atoms with van der Waals surface area (Å²) in [6, 6.07) is 11.7. The zero-order valence-corrected chi connectivity index (χ0v) is 12.9. The molecule has 2 aromatic rings. The van der Waals surface area contributed by atoms with Crippen LogP contribution in [0, 0.1) is 0 Å². The summed E-state index contributed by atoms with van der Waals surface area (Å²) in [6.07, 6.45) is 1.71. The first kappa shape index (κ1) is 14.8. The van der Waals surface area contributed by atoms with Gasteiger partial charge in [0.1, 0.15) is 10.8 Å². The summed E-state index contributed by atoms with van der Waals surface area (Å²) in [5.41, 5.74) is 7.60. The third-order valence-corrected chi connectivity index (χ3v) is 3.77. The van der Waals surface area contributed by atoms with Gasteiger partial charge in [0.15, 0.2) is 0 Å². The molecule has 0 saturated heterocycles. The van der Waals surface area contributed by atoms with Gasteiger partial charge in [-0.15, -0.1) is 0 Å². The molecule has 0 bridgehead atoms. The second-order valence-corrected chi connectivity index (χ2v) is 5.49. The van der Waals surface area contributed by atoms with Gasteiger partial charge in [-0.2, -0.15) is 0 Å². The number of thiocarbonyl (C=S) groups is 1. The molecule has 0 aliphatic rings. The normalized spacial score (nSPS) is 11.9. The summed E-state index contributed by atoms with van der Waals surface area (Å²) in [5, 5.41) is 0.729. The van der Waals surface area contributed by atoms with E-state index in [0.717, 1.165) is 22.0 Å². The number of pyridine rings is 1. The Morgan fingerprint density at radius 1 is 1.35 bits per heavy atom. The highest BCUT2D eigenvalue weighted by Gasteiger charge is 2.14. The van der Waals surface area contributed by atoms with Crippen molar-refractivity contribution in [3.8, 4) is 0 Å². The van der Waals surface area contributed by atoms with Gasteiger partial charge in [0.2, 0.25) is 0 Å². The summed E-state index contributed by atoms with van der Waals surface area (Å²) in [5.74, 6) is 0.822. The topological polar surface area (TPSA) is 42.1 Å². The van der Waals surface area contributed by atoms with Crippen molar-refractivity contribution in [3.63, 3.8) is 0 Å². The van der Waals surface area contributed by atoms with Crippen molar-refractivity contribution in [1.82, 2.24) is 4.98 Å². The molecule has 5 heteroatoms. The van der Waals surface area contributed by atoms with Gasteiger partial charge in [-0.3, -0.25) is 0 Å². The maximum atomic E-state index is 6.04. The van der Waals surface area contributed by atoms with Gasteiger partial charge < -0.3 is 10.6 Å². The number of aromatic nitrogens is 1. The Morgan fingerprint density at radius 2 is 2.10 bits per heavy atom. The molecule has 1 atom stereocenters. The fourth-order valence-corrected chi connectivity index (χ4v) is 2.28. The molecule has 0 saturated carbocycles. The Hall–Kier alpha value is -1.65. The highest BCUT2D eigenvalue weighted by molar-refractivity contribution is 7.80. The number of nitrogens with two attached hydrogens (primary N) is 1. The molecule has 104 valence electrons. The molecule has 2 N–H and O–H groups in total. The Balaban J connectivity index is 2.28. The minimum absolute atomic E-state index is 0.141. The van der Waals surface area contributed by atoms with Crippen LogP contribution in [-0.4, -0.2) is 17.0 Å². The average Bonchev–Trinajstić information content (AvgIpc) is 2.45. The van der Waals surface area contributed by atoms with Crippen LogP contribution >= 0.6 is 23.8 Å². The fourth-order valence-electron chi connectivity index (χ4n) is 1.95. The maximum Gasteiger partial charge on any atom is 0.129 e. The van der Waals surface area contributed by atoms with Gasteiger partial charge in [0.05, 0.1) is 6.04 Å². The SMILES string of the molecule is CC(c1cccc(Cl)c1)N(C)c1cc(C(N)=S)ccn1. The van der Waals surface area contributed by atoms with Gasteiger partial charge in [0.25, 0.3) is 0 Å². The highest BCUT2D eigenvalue weighted by atomic mass is 35.5. The zero-order valence-electron chi connectivity index (χ0n) is 11.4. The van der Waals surface area contributed by atoms with Crippen LogP contribution in [0.5, 0.6) is 0 Å². The lowest BCUT2D eigenvalue weighted by Gasteiger charge is -2.26. The van der Waals surface area contributed by atoms with E-state index < -0.39 is 0 Å². The number of hydrogen-bond acceptors (Lipinski definition) is 3. The summed E-state index contributed by atoms with van der Waals surface area (Å²) in [4.78, 5) is 6.80. The van der Waals surface area contributed by atoms with Crippen molar-refractivity contribution in [2.24, 2.45) is 5.73 Å². The molecule has 1 unspecified atom stereocenters. The van der Waals surface area contributed by atoms with Crippen molar-refractivity contribution >= 4 is 34.6 Å². The van der Waals surface area contributed by atoms with E-state index in [9.17, 15) is 0 Å². The molecule has 0 spiro atoms. The zero-order chi connectivity index (χ0) is 14.7. The Morgan fingerprint density at radius 3 is 2.75 bits per heavy atom. The summed E-state index contributed by atoms with van der Waals surface area (Å²) < 4.78 is 0. The van der Waals surface area contributed by atoms with Crippen LogP contribution in [-0.2, 0) is 0 Å². The van der Waals surface area contributed by atoms with E-state index in [1.165, 1.54) is 0 Å². The molecule has 1 aromatic carbocycles. The predicted molar refractivity (Wildman–Crippen MR) is 88.4 cm³/mol. The minimum atomic E-state index is 0.141. The van der Waals surface area contributed by atoms with E-state index in [4.69, 9.17) is 29.6 Å². The van der Waals surface area contributed by atoms with E-state index in [1.807, 2.05) is 43.4 Å². The smallest absolute Gasteiger partial charge is 0.129 e. The van der Waals surface area contributed by atoms with Gasteiger partial charge in [-0.25, -0.2) is 4.98 Å². The molecular formula is C15H16ClN3S. The molecule has 3 nitrogen and oxygen atoms in total. The number of nitrogens with zero attached hydrogens (tertiary/aromatic N) is 2. The van der Waals surface area contributed by atoms with Crippen molar-refractivity contribution in [3.05, 3.63) is 58.7 Å². The molecule has 0 amide bonds. The second kappa shape index (κ2) is 6.20. The number of halogens is 1. The van der Waals surface area contributed by atoms with Gasteiger partial charge in [-0.1, -0.05) is 36.0 Å². The molecule has 0 radical (unpaired) electrons. The third-order valence-electron chi connectivity index (χ3n) is 3.30. The average molecular weight is 306 g/mol. The third kappa shape index (κ3) is 3.26. The fraction of sp³-hybridized carbons (Fsp3) is 0.200. The van der Waals surface area contributed by atoms with E-state index in [2.05, 4.69) is 16.8 Å². The predicted octanol–water partition coefficient (Wildman–Crippen LogP) is 3.57. The van der Waals surface area contributed by atoms with Crippen LogP contribution in [0.3, 0.4) is 0 Å². The lowest BCUT2D eigenvalue weighted by atomic mass is 10.1. The molecule has 1 aromatic heterocycles. The summed E-state index contributed by atoms with van der Waals surface area (Å²) in [7, 11) is 1.98. The first-order valence-electron chi connectivity index (χ1n) is 6.23. The number of anilines is 1. The number of rotatable bonds is 4. The van der Waals surface area contributed by atoms with E-state index >= 15 is 0 Å². The Labute approximate surface area is 129 Å². The number of benzene rings is 1. The molecule has 1 heterocycles. The van der Waals surface area contributed by atoms with Crippen LogP contribution < -0.4 is 10.6 Å². The van der Waals surface area contributed by atoms with Crippen molar-refractivity contribution in [2.75, 3.05) is 11.9 Å². The second-order valence-electron chi connectivity index (χ2n) is 4.61. The van der Waals surface area contributed by atoms with E-state index in [-0.39, 0.29) is 6.04 Å². The summed E-state index contributed by atoms with van der Waals surface area (Å²) in [6.45, 7) is 2.10. The van der Waals surface area contributed by atoms with Crippen molar-refractivity contribution in [2.45, 2.75) is 13.0 Å². The van der Waals surface area contributed by atoms with Crippen molar-refractivity contribution in [1.29, 1.82) is 0 Å². The Kier molecular flexibility index (Phi) is 4.57. The standard InChI is InChI=1S/C15H16ClN3S/c1-10(11-4-3-5-13(16)8-11)19(2)14-9-12(15(17)20)6-7-18-14/h3-10H,1-2H3,(H2,17,20). The molecular weight excluding hydrogens is 290 g/mol. The highest BCUT2D eigenvalue weighted by Crippen LogP contribution is 2.25. The van der Waals surface area contributed by atoms with Crippen LogP contribution in [0.1, 0.15) is 24.1 Å². The molecule has 0 fully saturated rings. The first-order valence-corrected chi connectivity index (χ1v) is 7.02. The molecule has 20 heavy (non-hydrogen) atoms. The van der Waals surface area contributed by atoms with Crippen LogP contribution in [0.15, 0.2) is 42.6 Å². The Bertz CT molecular complexity index is 630. The van der Waals surface area contributed by atoms with Gasteiger partial charge in [0, 0.05) is 23.8 Å². The molecule has 0 aliphatic heterocycles. The monoisotopic (exact) mass is 305 g/mol. The minimum Gasteiger partial charge on any atom is -0.389 e. The number of hydrogen-bond donors (Lipinski definition) is 1. The van der Waals surface area contributed by atoms with E-state index in [1.54, 1.807) is 6.20 Å². The maximum absolute atomic E-state index is 6.04. The lowest BCUT2D eigenvalue weighted by molar-refractivity contribution is 0.729. The van der Waals surface area contributed by atoms with Crippen LogP contribution in [0.2, 0.25) is 5.02 Å². The van der Waals surface area contributed by atoms with Gasteiger partial charge >= 0.3 is 0 Å². The molecule has 0 aliphatic carbocycles. The largest absolute Gasteiger partial charge is 0.389 e. The van der Waals surface area contributed by atoms with E-state index in [0.29, 0.717) is 4.99 Å².